The van der Waals surface area contributed by atoms with Crippen molar-refractivity contribution in [2.75, 3.05) is 20.8 Å². The van der Waals surface area contributed by atoms with Gasteiger partial charge < -0.3 is 18.8 Å². The van der Waals surface area contributed by atoms with Gasteiger partial charge in [0.05, 0.1) is 20.3 Å². The van der Waals surface area contributed by atoms with Gasteiger partial charge in [-0.15, -0.1) is 10.2 Å². The lowest BCUT2D eigenvalue weighted by Gasteiger charge is -2.25. The first-order valence-corrected chi connectivity index (χ1v) is 10.5. The highest BCUT2D eigenvalue weighted by atomic mass is 16.5. The minimum absolute atomic E-state index is 0.0399. The Morgan fingerprint density at radius 1 is 1.10 bits per heavy atom. The first-order chi connectivity index (χ1) is 15.1. The van der Waals surface area contributed by atoms with E-state index in [0.29, 0.717) is 36.1 Å². The minimum atomic E-state index is 0.0399. The van der Waals surface area contributed by atoms with Crippen molar-refractivity contribution < 1.29 is 18.7 Å². The Morgan fingerprint density at radius 2 is 1.87 bits per heavy atom. The largest absolute Gasteiger partial charge is 0.493 e. The van der Waals surface area contributed by atoms with Crippen molar-refractivity contribution in [2.45, 2.75) is 38.6 Å². The van der Waals surface area contributed by atoms with Crippen molar-refractivity contribution in [1.82, 2.24) is 15.1 Å². The van der Waals surface area contributed by atoms with Gasteiger partial charge in [-0.3, -0.25) is 4.79 Å². The van der Waals surface area contributed by atoms with Gasteiger partial charge in [0.2, 0.25) is 17.7 Å². The molecule has 0 radical (unpaired) electrons. The van der Waals surface area contributed by atoms with Crippen LogP contribution >= 0.6 is 0 Å². The average Bonchev–Trinajstić information content (AvgIpc) is 3.47. The smallest absolute Gasteiger partial charge is 0.247 e. The van der Waals surface area contributed by atoms with Gasteiger partial charge in [0.1, 0.15) is 0 Å². The fourth-order valence-corrected chi connectivity index (χ4v) is 4.00. The number of rotatable bonds is 7. The molecule has 2 aromatic carbocycles. The van der Waals surface area contributed by atoms with Crippen LogP contribution in [0.25, 0.3) is 11.5 Å². The Bertz CT molecular complexity index is 1050. The van der Waals surface area contributed by atoms with E-state index < -0.39 is 0 Å². The molecule has 4 rings (SSSR count). The number of carbonyl (C=O) groups is 1. The second-order valence-corrected chi connectivity index (χ2v) is 7.73. The van der Waals surface area contributed by atoms with E-state index in [9.17, 15) is 4.79 Å². The Hall–Kier alpha value is -3.35. The van der Waals surface area contributed by atoms with E-state index in [1.54, 1.807) is 14.2 Å². The zero-order valence-corrected chi connectivity index (χ0v) is 18.1. The first kappa shape index (κ1) is 20.9. The third-order valence-corrected chi connectivity index (χ3v) is 5.68. The van der Waals surface area contributed by atoms with Crippen molar-refractivity contribution in [3.05, 3.63) is 59.5 Å². The highest BCUT2D eigenvalue weighted by Gasteiger charge is 2.30. The molecule has 0 saturated carbocycles. The summed E-state index contributed by atoms with van der Waals surface area (Å²) < 4.78 is 16.5. The maximum absolute atomic E-state index is 13.0. The lowest BCUT2D eigenvalue weighted by Crippen LogP contribution is -2.30. The first-order valence-electron chi connectivity index (χ1n) is 10.5. The number of nitrogens with zero attached hydrogens (tertiary/aromatic N) is 3. The van der Waals surface area contributed by atoms with Gasteiger partial charge in [-0.1, -0.05) is 23.8 Å². The summed E-state index contributed by atoms with van der Waals surface area (Å²) in [5.74, 6) is 2.40. The second kappa shape index (κ2) is 9.20. The molecule has 1 saturated heterocycles. The van der Waals surface area contributed by atoms with Gasteiger partial charge in [-0.05, 0) is 49.6 Å². The van der Waals surface area contributed by atoms with Gasteiger partial charge in [0, 0.05) is 24.9 Å². The fourth-order valence-electron chi connectivity index (χ4n) is 4.00. The molecule has 31 heavy (non-hydrogen) atoms. The Kier molecular flexibility index (Phi) is 6.21. The standard InChI is InChI=1S/C24H27N3O4/c1-16-6-8-17(9-7-16)24-26-25-22(31-24)12-13-23(28)27-14-4-5-19(27)18-10-11-20(29-2)21(15-18)30-3/h6-11,15,19H,4-5,12-14H2,1-3H3. The van der Waals surface area contributed by atoms with Gasteiger partial charge in [-0.25, -0.2) is 0 Å². The number of hydrogen-bond acceptors (Lipinski definition) is 6. The van der Waals surface area contributed by atoms with Crippen LogP contribution in [0.2, 0.25) is 0 Å². The minimum Gasteiger partial charge on any atom is -0.493 e. The number of hydrogen-bond donors (Lipinski definition) is 0. The molecule has 1 aliphatic heterocycles. The molecule has 0 N–H and O–H groups in total. The van der Waals surface area contributed by atoms with E-state index in [0.717, 1.165) is 30.5 Å². The maximum atomic E-state index is 13.0. The molecule has 1 atom stereocenters. The van der Waals surface area contributed by atoms with E-state index in [2.05, 4.69) is 10.2 Å². The van der Waals surface area contributed by atoms with Crippen LogP contribution in [0.1, 0.15) is 42.3 Å². The highest BCUT2D eigenvalue weighted by molar-refractivity contribution is 5.77. The van der Waals surface area contributed by atoms with E-state index in [1.807, 2.05) is 54.3 Å². The van der Waals surface area contributed by atoms with Crippen molar-refractivity contribution >= 4 is 5.91 Å². The van der Waals surface area contributed by atoms with Crippen LogP contribution in [0.15, 0.2) is 46.9 Å². The summed E-state index contributed by atoms with van der Waals surface area (Å²) in [6.45, 7) is 2.78. The van der Waals surface area contributed by atoms with Crippen LogP contribution in [0.3, 0.4) is 0 Å². The number of carbonyl (C=O) groups excluding carboxylic acids is 1. The van der Waals surface area contributed by atoms with Crippen molar-refractivity contribution in [2.24, 2.45) is 0 Å². The molecule has 162 valence electrons. The number of aryl methyl sites for hydroxylation is 2. The summed E-state index contributed by atoms with van der Waals surface area (Å²) in [5.41, 5.74) is 3.11. The lowest BCUT2D eigenvalue weighted by molar-refractivity contribution is -0.132. The molecule has 1 unspecified atom stereocenters. The molecule has 3 aromatic rings. The predicted octanol–water partition coefficient (Wildman–Crippen LogP) is 4.36. The maximum Gasteiger partial charge on any atom is 0.247 e. The van der Waals surface area contributed by atoms with Crippen LogP contribution in [-0.2, 0) is 11.2 Å². The molecule has 1 aromatic heterocycles. The lowest BCUT2D eigenvalue weighted by atomic mass is 10.0. The number of benzene rings is 2. The molecule has 0 aliphatic carbocycles. The third kappa shape index (κ3) is 4.55. The molecule has 1 amide bonds. The number of aromatic nitrogens is 2. The summed E-state index contributed by atoms with van der Waals surface area (Å²) in [5, 5.41) is 8.24. The molecule has 0 bridgehead atoms. The van der Waals surface area contributed by atoms with Crippen LogP contribution in [0.4, 0.5) is 0 Å². The molecular weight excluding hydrogens is 394 g/mol. The van der Waals surface area contributed by atoms with E-state index in [-0.39, 0.29) is 11.9 Å². The summed E-state index contributed by atoms with van der Waals surface area (Å²) in [7, 11) is 3.24. The van der Waals surface area contributed by atoms with Gasteiger partial charge in [0.25, 0.3) is 0 Å². The molecule has 1 aliphatic rings. The van der Waals surface area contributed by atoms with Crippen molar-refractivity contribution in [3.8, 4) is 23.0 Å². The SMILES string of the molecule is COc1ccc(C2CCCN2C(=O)CCc2nnc(-c3ccc(C)cc3)o2)cc1OC. The topological polar surface area (TPSA) is 77.7 Å². The van der Waals surface area contributed by atoms with Gasteiger partial charge in [-0.2, -0.15) is 0 Å². The number of methoxy groups -OCH3 is 2. The van der Waals surface area contributed by atoms with Crippen LogP contribution in [0.5, 0.6) is 11.5 Å². The van der Waals surface area contributed by atoms with E-state index >= 15 is 0 Å². The second-order valence-electron chi connectivity index (χ2n) is 7.73. The predicted molar refractivity (Wildman–Crippen MR) is 116 cm³/mol. The van der Waals surface area contributed by atoms with Gasteiger partial charge >= 0.3 is 0 Å². The Balaban J connectivity index is 1.41. The van der Waals surface area contributed by atoms with E-state index in [4.69, 9.17) is 13.9 Å². The summed E-state index contributed by atoms with van der Waals surface area (Å²) in [6, 6.07) is 13.8. The molecular formula is C24H27N3O4. The number of ether oxygens (including phenoxy) is 2. The molecule has 0 spiro atoms. The third-order valence-electron chi connectivity index (χ3n) is 5.68. The average molecular weight is 421 g/mol. The normalized spacial score (nSPS) is 15.8. The Labute approximate surface area is 182 Å². The van der Waals surface area contributed by atoms with Crippen molar-refractivity contribution in [1.29, 1.82) is 0 Å². The number of likely N-dealkylation sites (tertiary alicyclic amines) is 1. The summed E-state index contributed by atoms with van der Waals surface area (Å²) >= 11 is 0. The van der Waals surface area contributed by atoms with E-state index in [1.165, 1.54) is 5.56 Å². The molecule has 7 nitrogen and oxygen atoms in total. The summed E-state index contributed by atoms with van der Waals surface area (Å²) in [4.78, 5) is 14.9. The van der Waals surface area contributed by atoms with Crippen LogP contribution < -0.4 is 9.47 Å². The zero-order chi connectivity index (χ0) is 21.8. The monoisotopic (exact) mass is 421 g/mol. The molecule has 7 heteroatoms. The number of amides is 1. The zero-order valence-electron chi connectivity index (χ0n) is 18.1. The Morgan fingerprint density at radius 3 is 2.61 bits per heavy atom. The van der Waals surface area contributed by atoms with Gasteiger partial charge in [0.15, 0.2) is 11.5 Å². The molecule has 1 fully saturated rings. The molecule has 2 heterocycles. The van der Waals surface area contributed by atoms with Crippen LogP contribution in [-0.4, -0.2) is 41.8 Å². The fraction of sp³-hybridized carbons (Fsp3) is 0.375. The highest BCUT2D eigenvalue weighted by Crippen LogP contribution is 2.37. The quantitative estimate of drug-likeness (QED) is 0.564. The van der Waals surface area contributed by atoms with Crippen LogP contribution in [0, 0.1) is 6.92 Å². The van der Waals surface area contributed by atoms with Crippen molar-refractivity contribution in [3.63, 3.8) is 0 Å². The summed E-state index contributed by atoms with van der Waals surface area (Å²) in [6.07, 6.45) is 2.66.